The molecule has 1 aliphatic rings. The first-order chi connectivity index (χ1) is 7.66. The van der Waals surface area contributed by atoms with Crippen LogP contribution in [0.5, 0.6) is 0 Å². The van der Waals surface area contributed by atoms with E-state index in [1.165, 1.54) is 19.3 Å². The molecule has 16 heavy (non-hydrogen) atoms. The van der Waals surface area contributed by atoms with Crippen molar-refractivity contribution in [2.24, 2.45) is 5.92 Å². The zero-order chi connectivity index (χ0) is 12.0. The normalized spacial score (nSPS) is 26.9. The number of unbranched alkanes of at least 4 members (excludes halogenated alkanes) is 3. The molecule has 3 nitrogen and oxygen atoms in total. The van der Waals surface area contributed by atoms with E-state index in [0.29, 0.717) is 5.92 Å². The van der Waals surface area contributed by atoms with Crippen LogP contribution in [-0.2, 0) is 4.79 Å². The van der Waals surface area contributed by atoms with Crippen molar-refractivity contribution in [3.8, 4) is 0 Å². The van der Waals surface area contributed by atoms with Gasteiger partial charge < -0.3 is 5.11 Å². The largest absolute Gasteiger partial charge is 0.480 e. The summed E-state index contributed by atoms with van der Waals surface area (Å²) in [4.78, 5) is 13.4. The second kappa shape index (κ2) is 6.89. The summed E-state index contributed by atoms with van der Waals surface area (Å²) < 4.78 is 0. The second-order valence-corrected chi connectivity index (χ2v) is 5.00. The van der Waals surface area contributed by atoms with Gasteiger partial charge in [-0.05, 0) is 38.3 Å². The lowest BCUT2D eigenvalue weighted by molar-refractivity contribution is -0.146. The lowest BCUT2D eigenvalue weighted by atomic mass is 9.90. The SMILES string of the molecule is CCCCCCN1CCCC(C)C1C(=O)O. The number of aliphatic carboxylic acids is 1. The smallest absolute Gasteiger partial charge is 0.321 e. The quantitative estimate of drug-likeness (QED) is 0.709. The minimum absolute atomic E-state index is 0.240. The Labute approximate surface area is 98.8 Å². The van der Waals surface area contributed by atoms with E-state index in [-0.39, 0.29) is 6.04 Å². The van der Waals surface area contributed by atoms with Gasteiger partial charge in [-0.2, -0.15) is 0 Å². The summed E-state index contributed by atoms with van der Waals surface area (Å²) in [5.74, 6) is -0.333. The minimum Gasteiger partial charge on any atom is -0.480 e. The summed E-state index contributed by atoms with van der Waals surface area (Å²) in [6.07, 6.45) is 7.08. The minimum atomic E-state index is -0.636. The molecule has 0 spiro atoms. The molecular formula is C13H25NO2. The Bertz CT molecular complexity index is 218. The molecule has 1 saturated heterocycles. The van der Waals surface area contributed by atoms with Crippen LogP contribution in [-0.4, -0.2) is 35.1 Å². The lowest BCUT2D eigenvalue weighted by Gasteiger charge is -2.37. The third-order valence-electron chi connectivity index (χ3n) is 3.59. The zero-order valence-corrected chi connectivity index (χ0v) is 10.6. The molecule has 2 atom stereocenters. The van der Waals surface area contributed by atoms with Crippen LogP contribution in [0.25, 0.3) is 0 Å². The molecule has 0 bridgehead atoms. The van der Waals surface area contributed by atoms with Crippen LogP contribution < -0.4 is 0 Å². The fraction of sp³-hybridized carbons (Fsp3) is 0.923. The highest BCUT2D eigenvalue weighted by molar-refractivity contribution is 5.74. The van der Waals surface area contributed by atoms with Gasteiger partial charge in [0.15, 0.2) is 0 Å². The zero-order valence-electron chi connectivity index (χ0n) is 10.6. The summed E-state index contributed by atoms with van der Waals surface area (Å²) in [6, 6.07) is -0.240. The molecule has 3 heteroatoms. The van der Waals surface area contributed by atoms with Crippen molar-refractivity contribution in [3.05, 3.63) is 0 Å². The summed E-state index contributed by atoms with van der Waals surface area (Å²) in [5.41, 5.74) is 0. The lowest BCUT2D eigenvalue weighted by Crippen LogP contribution is -2.49. The fourth-order valence-corrected chi connectivity index (χ4v) is 2.67. The van der Waals surface area contributed by atoms with Gasteiger partial charge in [-0.1, -0.05) is 33.1 Å². The number of carboxylic acids is 1. The summed E-state index contributed by atoms with van der Waals surface area (Å²) in [7, 11) is 0. The molecule has 1 fully saturated rings. The van der Waals surface area contributed by atoms with E-state index < -0.39 is 5.97 Å². The van der Waals surface area contributed by atoms with Gasteiger partial charge in [0.25, 0.3) is 0 Å². The molecule has 0 radical (unpaired) electrons. The van der Waals surface area contributed by atoms with Gasteiger partial charge in [-0.3, -0.25) is 9.69 Å². The van der Waals surface area contributed by atoms with E-state index in [4.69, 9.17) is 0 Å². The van der Waals surface area contributed by atoms with Crippen LogP contribution in [0, 0.1) is 5.92 Å². The van der Waals surface area contributed by atoms with E-state index in [0.717, 1.165) is 32.4 Å². The standard InChI is InChI=1S/C13H25NO2/c1-3-4-5-6-9-14-10-7-8-11(2)12(14)13(15)16/h11-12H,3-10H2,1-2H3,(H,15,16). The van der Waals surface area contributed by atoms with Crippen molar-refractivity contribution in [1.29, 1.82) is 0 Å². The number of rotatable bonds is 6. The Morgan fingerprint density at radius 3 is 2.75 bits per heavy atom. The summed E-state index contributed by atoms with van der Waals surface area (Å²) in [6.45, 7) is 6.19. The summed E-state index contributed by atoms with van der Waals surface area (Å²) in [5, 5.41) is 9.24. The van der Waals surface area contributed by atoms with Crippen LogP contribution in [0.4, 0.5) is 0 Å². The molecule has 0 amide bonds. The van der Waals surface area contributed by atoms with E-state index in [1.807, 2.05) is 0 Å². The van der Waals surface area contributed by atoms with Gasteiger partial charge in [0, 0.05) is 0 Å². The van der Waals surface area contributed by atoms with Gasteiger partial charge >= 0.3 is 5.97 Å². The van der Waals surface area contributed by atoms with Crippen LogP contribution in [0.1, 0.15) is 52.4 Å². The van der Waals surface area contributed by atoms with Crippen molar-refractivity contribution in [2.45, 2.75) is 58.4 Å². The van der Waals surface area contributed by atoms with Gasteiger partial charge in [0.1, 0.15) is 6.04 Å². The highest BCUT2D eigenvalue weighted by atomic mass is 16.4. The molecule has 1 rings (SSSR count). The van der Waals surface area contributed by atoms with Crippen LogP contribution in [0.15, 0.2) is 0 Å². The molecule has 0 aromatic carbocycles. The molecular weight excluding hydrogens is 202 g/mol. The number of nitrogens with zero attached hydrogens (tertiary/aromatic N) is 1. The first kappa shape index (κ1) is 13.5. The molecule has 1 heterocycles. The first-order valence-electron chi connectivity index (χ1n) is 6.63. The number of hydrogen-bond donors (Lipinski definition) is 1. The third kappa shape index (κ3) is 3.78. The maximum absolute atomic E-state index is 11.2. The molecule has 1 aliphatic heterocycles. The fourth-order valence-electron chi connectivity index (χ4n) is 2.67. The molecule has 2 unspecified atom stereocenters. The van der Waals surface area contributed by atoms with Gasteiger partial charge in [0.05, 0.1) is 0 Å². The Hall–Kier alpha value is -0.570. The molecule has 0 aliphatic carbocycles. The Kier molecular flexibility index (Phi) is 5.81. The summed E-state index contributed by atoms with van der Waals surface area (Å²) >= 11 is 0. The van der Waals surface area contributed by atoms with Gasteiger partial charge in [-0.15, -0.1) is 0 Å². The molecule has 1 N–H and O–H groups in total. The Balaban J connectivity index is 2.39. The van der Waals surface area contributed by atoms with Crippen molar-refractivity contribution < 1.29 is 9.90 Å². The predicted octanol–water partition coefficient (Wildman–Crippen LogP) is 2.75. The number of carboxylic acid groups (broad SMARTS) is 1. The maximum Gasteiger partial charge on any atom is 0.321 e. The van der Waals surface area contributed by atoms with Crippen molar-refractivity contribution in [1.82, 2.24) is 4.90 Å². The average molecular weight is 227 g/mol. The number of carbonyl (C=O) groups is 1. The first-order valence-corrected chi connectivity index (χ1v) is 6.63. The number of likely N-dealkylation sites (tertiary alicyclic amines) is 1. The highest BCUT2D eigenvalue weighted by Gasteiger charge is 2.33. The second-order valence-electron chi connectivity index (χ2n) is 5.00. The molecule has 0 aromatic rings. The molecule has 94 valence electrons. The van der Waals surface area contributed by atoms with Crippen molar-refractivity contribution >= 4 is 5.97 Å². The maximum atomic E-state index is 11.2. The topological polar surface area (TPSA) is 40.5 Å². The molecule has 0 saturated carbocycles. The van der Waals surface area contributed by atoms with Gasteiger partial charge in [-0.25, -0.2) is 0 Å². The van der Waals surface area contributed by atoms with E-state index in [9.17, 15) is 9.90 Å². The van der Waals surface area contributed by atoms with E-state index in [1.54, 1.807) is 0 Å². The molecule has 0 aromatic heterocycles. The van der Waals surface area contributed by atoms with Crippen molar-refractivity contribution in [2.75, 3.05) is 13.1 Å². The third-order valence-corrected chi connectivity index (χ3v) is 3.59. The highest BCUT2D eigenvalue weighted by Crippen LogP contribution is 2.23. The van der Waals surface area contributed by atoms with Gasteiger partial charge in [0.2, 0.25) is 0 Å². The van der Waals surface area contributed by atoms with Crippen LogP contribution >= 0.6 is 0 Å². The van der Waals surface area contributed by atoms with E-state index >= 15 is 0 Å². The predicted molar refractivity (Wildman–Crippen MR) is 65.5 cm³/mol. The Morgan fingerprint density at radius 2 is 2.12 bits per heavy atom. The number of piperidine rings is 1. The van der Waals surface area contributed by atoms with Crippen LogP contribution in [0.3, 0.4) is 0 Å². The number of hydrogen-bond acceptors (Lipinski definition) is 2. The van der Waals surface area contributed by atoms with E-state index in [2.05, 4.69) is 18.7 Å². The average Bonchev–Trinajstić information content (AvgIpc) is 2.24. The van der Waals surface area contributed by atoms with Crippen molar-refractivity contribution in [3.63, 3.8) is 0 Å². The Morgan fingerprint density at radius 1 is 1.38 bits per heavy atom. The van der Waals surface area contributed by atoms with Crippen LogP contribution in [0.2, 0.25) is 0 Å². The monoisotopic (exact) mass is 227 g/mol.